The van der Waals surface area contributed by atoms with Gasteiger partial charge in [-0.2, -0.15) is 0 Å². The van der Waals surface area contributed by atoms with Gasteiger partial charge in [0, 0.05) is 55.7 Å². The standard InChI is InChI=1S/C26H30N4O6S/c1-35-24-13-19(20-12-22(31)16-27-15-20)14-25(36-2)23(24)17-29-8-10-30(11-9-29)21-6-4-18(5-7-21)26(32)28-37(3,33)34/h4-7,12-16,31H,8-11,17H2,1-3H3,(H,28,32). The van der Waals surface area contributed by atoms with Crippen LogP contribution in [0.4, 0.5) is 5.69 Å². The van der Waals surface area contributed by atoms with E-state index in [1.807, 2.05) is 29.0 Å². The van der Waals surface area contributed by atoms with E-state index in [9.17, 15) is 18.3 Å². The predicted molar refractivity (Wildman–Crippen MR) is 141 cm³/mol. The van der Waals surface area contributed by atoms with E-state index in [0.29, 0.717) is 18.0 Å². The Morgan fingerprint density at radius 3 is 2.14 bits per heavy atom. The molecule has 1 fully saturated rings. The van der Waals surface area contributed by atoms with Crippen LogP contribution in [0.2, 0.25) is 0 Å². The summed E-state index contributed by atoms with van der Waals surface area (Å²) >= 11 is 0. The Labute approximate surface area is 216 Å². The smallest absolute Gasteiger partial charge is 0.264 e. The van der Waals surface area contributed by atoms with Crippen LogP contribution in [0.1, 0.15) is 15.9 Å². The molecule has 1 amide bonds. The van der Waals surface area contributed by atoms with Gasteiger partial charge in [-0.15, -0.1) is 0 Å². The lowest BCUT2D eigenvalue weighted by molar-refractivity contribution is 0.0981. The summed E-state index contributed by atoms with van der Waals surface area (Å²) in [5.74, 6) is 0.837. The van der Waals surface area contributed by atoms with Crippen molar-refractivity contribution in [3.05, 3.63) is 66.0 Å². The topological polar surface area (TPSA) is 121 Å². The van der Waals surface area contributed by atoms with Gasteiger partial charge < -0.3 is 19.5 Å². The summed E-state index contributed by atoms with van der Waals surface area (Å²) in [5.41, 5.74) is 3.79. The second-order valence-electron chi connectivity index (χ2n) is 8.80. The van der Waals surface area contributed by atoms with Crippen molar-refractivity contribution in [2.45, 2.75) is 6.54 Å². The number of rotatable bonds is 8. The monoisotopic (exact) mass is 526 g/mol. The summed E-state index contributed by atoms with van der Waals surface area (Å²) in [4.78, 5) is 20.6. The first kappa shape index (κ1) is 26.2. The maximum absolute atomic E-state index is 12.0. The first-order chi connectivity index (χ1) is 17.7. The average Bonchev–Trinajstić information content (AvgIpc) is 2.88. The van der Waals surface area contributed by atoms with Crippen LogP contribution < -0.4 is 19.1 Å². The quantitative estimate of drug-likeness (QED) is 0.456. The van der Waals surface area contributed by atoms with Crippen LogP contribution in [0.3, 0.4) is 0 Å². The van der Waals surface area contributed by atoms with E-state index in [1.54, 1.807) is 38.6 Å². The molecule has 1 aliphatic heterocycles. The van der Waals surface area contributed by atoms with Crippen molar-refractivity contribution in [1.29, 1.82) is 0 Å². The third kappa shape index (κ3) is 6.49. The van der Waals surface area contributed by atoms with Gasteiger partial charge in [0.25, 0.3) is 5.91 Å². The Kier molecular flexibility index (Phi) is 7.84. The summed E-state index contributed by atoms with van der Waals surface area (Å²) in [6, 6.07) is 12.4. The number of nitrogens with one attached hydrogen (secondary N) is 1. The third-order valence-electron chi connectivity index (χ3n) is 6.19. The number of piperazine rings is 1. The Morgan fingerprint density at radius 1 is 0.973 bits per heavy atom. The van der Waals surface area contributed by atoms with Gasteiger partial charge in [-0.05, 0) is 48.0 Å². The number of aromatic nitrogens is 1. The van der Waals surface area contributed by atoms with Crippen molar-refractivity contribution < 1.29 is 27.8 Å². The molecule has 0 atom stereocenters. The highest BCUT2D eigenvalue weighted by molar-refractivity contribution is 7.89. The summed E-state index contributed by atoms with van der Waals surface area (Å²) in [5, 5.41) is 9.81. The molecular weight excluding hydrogens is 496 g/mol. The van der Waals surface area contributed by atoms with Gasteiger partial charge in [0.15, 0.2) is 0 Å². The highest BCUT2D eigenvalue weighted by Gasteiger charge is 2.22. The van der Waals surface area contributed by atoms with E-state index in [2.05, 4.69) is 14.8 Å². The molecule has 0 radical (unpaired) electrons. The van der Waals surface area contributed by atoms with E-state index in [4.69, 9.17) is 9.47 Å². The highest BCUT2D eigenvalue weighted by Crippen LogP contribution is 2.36. The summed E-state index contributed by atoms with van der Waals surface area (Å²) in [7, 11) is -0.358. The second-order valence-corrected chi connectivity index (χ2v) is 10.6. The Morgan fingerprint density at radius 2 is 1.59 bits per heavy atom. The van der Waals surface area contributed by atoms with E-state index < -0.39 is 15.9 Å². The van der Waals surface area contributed by atoms with Gasteiger partial charge in [0.1, 0.15) is 17.2 Å². The van der Waals surface area contributed by atoms with Gasteiger partial charge in [-0.1, -0.05) is 0 Å². The molecule has 1 aromatic heterocycles. The Hall–Kier alpha value is -3.83. The summed E-state index contributed by atoms with van der Waals surface area (Å²) < 4.78 is 36.0. The molecule has 2 heterocycles. The number of methoxy groups -OCH3 is 2. The van der Waals surface area contributed by atoms with Gasteiger partial charge in [0.2, 0.25) is 10.0 Å². The van der Waals surface area contributed by atoms with Crippen molar-refractivity contribution in [2.24, 2.45) is 0 Å². The first-order valence-corrected chi connectivity index (χ1v) is 13.5. The lowest BCUT2D eigenvalue weighted by Gasteiger charge is -2.36. The van der Waals surface area contributed by atoms with Crippen LogP contribution in [0.15, 0.2) is 54.9 Å². The lowest BCUT2D eigenvalue weighted by Crippen LogP contribution is -2.46. The highest BCUT2D eigenvalue weighted by atomic mass is 32.2. The molecule has 4 rings (SSSR count). The molecular formula is C26H30N4O6S. The van der Waals surface area contributed by atoms with Gasteiger partial charge >= 0.3 is 0 Å². The molecule has 3 aromatic rings. The molecule has 0 unspecified atom stereocenters. The van der Waals surface area contributed by atoms with E-state index >= 15 is 0 Å². The first-order valence-electron chi connectivity index (χ1n) is 11.7. The number of sulfonamides is 1. The second kappa shape index (κ2) is 11.1. The molecule has 1 aliphatic rings. The normalized spacial score (nSPS) is 14.3. The summed E-state index contributed by atoms with van der Waals surface area (Å²) in [6.45, 7) is 3.82. The molecule has 37 heavy (non-hydrogen) atoms. The minimum atomic E-state index is -3.61. The van der Waals surface area contributed by atoms with Crippen LogP contribution in [0.25, 0.3) is 11.1 Å². The third-order valence-corrected chi connectivity index (χ3v) is 6.75. The number of hydrogen-bond donors (Lipinski definition) is 2. The number of anilines is 1. The fourth-order valence-electron chi connectivity index (χ4n) is 4.33. The zero-order valence-electron chi connectivity index (χ0n) is 21.0. The molecule has 0 bridgehead atoms. The van der Waals surface area contributed by atoms with Crippen molar-refractivity contribution in [2.75, 3.05) is 51.6 Å². The molecule has 0 aliphatic carbocycles. The zero-order valence-corrected chi connectivity index (χ0v) is 21.8. The molecule has 2 N–H and O–H groups in total. The lowest BCUT2D eigenvalue weighted by atomic mass is 10.0. The molecule has 10 nitrogen and oxygen atoms in total. The van der Waals surface area contributed by atoms with Gasteiger partial charge in [0.05, 0.1) is 32.2 Å². The van der Waals surface area contributed by atoms with Crippen molar-refractivity contribution in [3.8, 4) is 28.4 Å². The van der Waals surface area contributed by atoms with Gasteiger partial charge in [-0.25, -0.2) is 13.1 Å². The summed E-state index contributed by atoms with van der Waals surface area (Å²) in [6.07, 6.45) is 4.01. The van der Waals surface area contributed by atoms with Crippen LogP contribution in [0.5, 0.6) is 17.2 Å². The zero-order chi connectivity index (χ0) is 26.6. The molecule has 1 saturated heterocycles. The van der Waals surface area contributed by atoms with Crippen molar-refractivity contribution in [3.63, 3.8) is 0 Å². The molecule has 2 aromatic carbocycles. The fourth-order valence-corrected chi connectivity index (χ4v) is 4.79. The maximum Gasteiger partial charge on any atom is 0.264 e. The maximum atomic E-state index is 12.0. The number of carbonyl (C=O) groups excluding carboxylic acids is 1. The number of aromatic hydroxyl groups is 1. The van der Waals surface area contributed by atoms with E-state index in [1.165, 1.54) is 6.20 Å². The van der Waals surface area contributed by atoms with E-state index in [-0.39, 0.29) is 11.3 Å². The minimum absolute atomic E-state index is 0.0872. The molecule has 0 spiro atoms. The SMILES string of the molecule is COc1cc(-c2cncc(O)c2)cc(OC)c1CN1CCN(c2ccc(C(=O)NS(C)(=O)=O)cc2)CC1. The average molecular weight is 527 g/mol. The fraction of sp³-hybridized carbons (Fsp3) is 0.308. The van der Waals surface area contributed by atoms with Gasteiger partial charge in [-0.3, -0.25) is 14.7 Å². The number of pyridine rings is 1. The number of hydrogen-bond acceptors (Lipinski definition) is 9. The van der Waals surface area contributed by atoms with Crippen molar-refractivity contribution in [1.82, 2.24) is 14.6 Å². The minimum Gasteiger partial charge on any atom is -0.506 e. The van der Waals surface area contributed by atoms with Crippen LogP contribution >= 0.6 is 0 Å². The number of benzene rings is 2. The number of carbonyl (C=O) groups is 1. The predicted octanol–water partition coefficient (Wildman–Crippen LogP) is 2.48. The Balaban J connectivity index is 1.43. The van der Waals surface area contributed by atoms with Crippen LogP contribution in [0, 0.1) is 0 Å². The van der Waals surface area contributed by atoms with E-state index in [0.717, 1.165) is 54.8 Å². The Bertz CT molecular complexity index is 1350. The number of amides is 1. The molecule has 11 heteroatoms. The molecule has 0 saturated carbocycles. The largest absolute Gasteiger partial charge is 0.506 e. The van der Waals surface area contributed by atoms with Crippen LogP contribution in [-0.2, 0) is 16.6 Å². The van der Waals surface area contributed by atoms with Crippen LogP contribution in [-0.4, -0.2) is 76.0 Å². The van der Waals surface area contributed by atoms with Crippen molar-refractivity contribution >= 4 is 21.6 Å². The molecule has 196 valence electrons. The number of ether oxygens (including phenoxy) is 2. The number of nitrogens with zero attached hydrogens (tertiary/aromatic N) is 3.